The van der Waals surface area contributed by atoms with Gasteiger partial charge in [-0.2, -0.15) is 0 Å². The summed E-state index contributed by atoms with van der Waals surface area (Å²) < 4.78 is 7.42. The number of likely N-dealkylation sites (tertiary alicyclic amines) is 1. The molecule has 0 saturated carbocycles. The maximum Gasteiger partial charge on any atom is 0.259 e. The summed E-state index contributed by atoms with van der Waals surface area (Å²) in [5.74, 6) is 1.89. The number of aromatic nitrogens is 4. The molecule has 1 saturated heterocycles. The molecule has 0 aliphatic carbocycles. The molecule has 4 heterocycles. The topological polar surface area (TPSA) is 76.5 Å². The third-order valence-corrected chi connectivity index (χ3v) is 5.04. The highest BCUT2D eigenvalue weighted by atomic mass is 16.5. The summed E-state index contributed by atoms with van der Waals surface area (Å²) >= 11 is 0. The molecule has 0 spiro atoms. The summed E-state index contributed by atoms with van der Waals surface area (Å²) in [6, 6.07) is 5.87. The number of carbonyl (C=O) groups excluding carboxylic acids is 1. The van der Waals surface area contributed by atoms with Crippen LogP contribution in [0.1, 0.15) is 66.2 Å². The molecule has 0 aromatic carbocycles. The number of rotatable bonds is 3. The van der Waals surface area contributed by atoms with Gasteiger partial charge in [0, 0.05) is 31.1 Å². The molecule has 1 fully saturated rings. The Hall–Kier alpha value is -2.70. The normalized spacial score (nSPS) is 18.0. The first kappa shape index (κ1) is 16.8. The number of hydrogen-bond acceptors (Lipinski definition) is 5. The lowest BCUT2D eigenvalue weighted by Crippen LogP contribution is -2.40. The van der Waals surface area contributed by atoms with E-state index in [1.54, 1.807) is 0 Å². The maximum absolute atomic E-state index is 13.2. The molecule has 4 rings (SSSR count). The molecule has 0 bridgehead atoms. The van der Waals surface area contributed by atoms with E-state index in [-0.39, 0.29) is 17.7 Å². The number of amides is 1. The highest BCUT2D eigenvalue weighted by Crippen LogP contribution is 2.29. The minimum Gasteiger partial charge on any atom is -0.360 e. The maximum atomic E-state index is 13.2. The Labute approximate surface area is 152 Å². The van der Waals surface area contributed by atoms with E-state index in [0.29, 0.717) is 23.6 Å². The molecule has 3 aromatic rings. The predicted molar refractivity (Wildman–Crippen MR) is 96.2 cm³/mol. The van der Waals surface area contributed by atoms with Gasteiger partial charge in [0.1, 0.15) is 11.4 Å². The Kier molecular flexibility index (Phi) is 4.22. The molecule has 1 aliphatic rings. The Balaban J connectivity index is 1.61. The van der Waals surface area contributed by atoms with Crippen LogP contribution in [0.3, 0.4) is 0 Å². The molecule has 1 aliphatic heterocycles. The molecule has 7 nitrogen and oxygen atoms in total. The van der Waals surface area contributed by atoms with Gasteiger partial charge in [-0.25, -0.2) is 0 Å². The van der Waals surface area contributed by atoms with Gasteiger partial charge in [-0.05, 0) is 31.9 Å². The standard InChI is InChI=1S/C19H23N5O2/c1-12(2)17-16(13(3)22-26-17)19(25)23-9-6-7-14(11-23)18-21-20-15-8-4-5-10-24(15)18/h4-5,8,10,12,14H,6-7,9,11H2,1-3H3. The van der Waals surface area contributed by atoms with Gasteiger partial charge < -0.3 is 9.42 Å². The zero-order valence-corrected chi connectivity index (χ0v) is 15.3. The third-order valence-electron chi connectivity index (χ3n) is 5.04. The predicted octanol–water partition coefficient (Wildman–Crippen LogP) is 3.17. The molecule has 7 heteroatoms. The van der Waals surface area contributed by atoms with Crippen LogP contribution in [0.4, 0.5) is 0 Å². The lowest BCUT2D eigenvalue weighted by Gasteiger charge is -2.32. The zero-order chi connectivity index (χ0) is 18.3. The van der Waals surface area contributed by atoms with Gasteiger partial charge >= 0.3 is 0 Å². The van der Waals surface area contributed by atoms with Crippen LogP contribution >= 0.6 is 0 Å². The van der Waals surface area contributed by atoms with Gasteiger partial charge in [0.25, 0.3) is 5.91 Å². The van der Waals surface area contributed by atoms with E-state index in [0.717, 1.165) is 30.9 Å². The highest BCUT2D eigenvalue weighted by molar-refractivity contribution is 5.96. The molecule has 1 amide bonds. The fourth-order valence-corrected chi connectivity index (χ4v) is 3.71. The van der Waals surface area contributed by atoms with E-state index in [1.165, 1.54) is 0 Å². The van der Waals surface area contributed by atoms with Gasteiger partial charge in [0.15, 0.2) is 11.4 Å². The minimum absolute atomic E-state index is 0.00553. The molecule has 1 unspecified atom stereocenters. The average molecular weight is 353 g/mol. The van der Waals surface area contributed by atoms with Crippen molar-refractivity contribution in [3.63, 3.8) is 0 Å². The number of nitrogens with zero attached hydrogens (tertiary/aromatic N) is 5. The van der Waals surface area contributed by atoms with Gasteiger partial charge in [-0.15, -0.1) is 10.2 Å². The lowest BCUT2D eigenvalue weighted by molar-refractivity contribution is 0.0700. The highest BCUT2D eigenvalue weighted by Gasteiger charge is 2.32. The van der Waals surface area contributed by atoms with E-state index in [2.05, 4.69) is 15.4 Å². The monoisotopic (exact) mass is 353 g/mol. The van der Waals surface area contributed by atoms with Crippen LogP contribution in [-0.4, -0.2) is 43.7 Å². The van der Waals surface area contributed by atoms with E-state index in [1.807, 2.05) is 54.5 Å². The Morgan fingerprint density at radius 1 is 1.31 bits per heavy atom. The van der Waals surface area contributed by atoms with Gasteiger partial charge in [0.05, 0.1) is 5.69 Å². The molecular formula is C19H23N5O2. The van der Waals surface area contributed by atoms with E-state index >= 15 is 0 Å². The van der Waals surface area contributed by atoms with Crippen molar-refractivity contribution in [3.05, 3.63) is 47.2 Å². The van der Waals surface area contributed by atoms with Crippen molar-refractivity contribution in [2.45, 2.75) is 45.4 Å². The van der Waals surface area contributed by atoms with Crippen LogP contribution in [0, 0.1) is 6.92 Å². The molecular weight excluding hydrogens is 330 g/mol. The second-order valence-corrected chi connectivity index (χ2v) is 7.24. The van der Waals surface area contributed by atoms with Crippen molar-refractivity contribution in [1.82, 2.24) is 24.7 Å². The fraction of sp³-hybridized carbons (Fsp3) is 0.474. The van der Waals surface area contributed by atoms with Crippen molar-refractivity contribution < 1.29 is 9.32 Å². The third kappa shape index (κ3) is 2.77. The molecule has 136 valence electrons. The van der Waals surface area contributed by atoms with Crippen molar-refractivity contribution >= 4 is 11.6 Å². The fourth-order valence-electron chi connectivity index (χ4n) is 3.71. The van der Waals surface area contributed by atoms with Crippen LogP contribution in [0.25, 0.3) is 5.65 Å². The zero-order valence-electron chi connectivity index (χ0n) is 15.3. The number of pyridine rings is 1. The van der Waals surface area contributed by atoms with Crippen LogP contribution in [-0.2, 0) is 0 Å². The Morgan fingerprint density at radius 2 is 2.15 bits per heavy atom. The van der Waals surface area contributed by atoms with Gasteiger partial charge in [0.2, 0.25) is 0 Å². The quantitative estimate of drug-likeness (QED) is 0.723. The van der Waals surface area contributed by atoms with E-state index in [4.69, 9.17) is 4.52 Å². The van der Waals surface area contributed by atoms with Crippen molar-refractivity contribution in [2.24, 2.45) is 0 Å². The Morgan fingerprint density at radius 3 is 2.96 bits per heavy atom. The minimum atomic E-state index is 0.00553. The number of aryl methyl sites for hydroxylation is 1. The van der Waals surface area contributed by atoms with E-state index in [9.17, 15) is 4.79 Å². The van der Waals surface area contributed by atoms with Gasteiger partial charge in [-0.3, -0.25) is 9.20 Å². The van der Waals surface area contributed by atoms with Crippen molar-refractivity contribution in [3.8, 4) is 0 Å². The van der Waals surface area contributed by atoms with Crippen LogP contribution < -0.4 is 0 Å². The summed E-state index contributed by atoms with van der Waals surface area (Å²) in [5.41, 5.74) is 2.11. The lowest BCUT2D eigenvalue weighted by atomic mass is 9.95. The first-order chi connectivity index (χ1) is 12.6. The largest absolute Gasteiger partial charge is 0.360 e. The van der Waals surface area contributed by atoms with E-state index < -0.39 is 0 Å². The summed E-state index contributed by atoms with van der Waals surface area (Å²) in [6.07, 6.45) is 3.92. The molecule has 0 N–H and O–H groups in total. The van der Waals surface area contributed by atoms with Crippen LogP contribution in [0.5, 0.6) is 0 Å². The molecule has 0 radical (unpaired) electrons. The van der Waals surface area contributed by atoms with Crippen LogP contribution in [0.15, 0.2) is 28.9 Å². The van der Waals surface area contributed by atoms with Crippen molar-refractivity contribution in [1.29, 1.82) is 0 Å². The molecule has 1 atom stereocenters. The van der Waals surface area contributed by atoms with Crippen molar-refractivity contribution in [2.75, 3.05) is 13.1 Å². The number of fused-ring (bicyclic) bond motifs is 1. The molecule has 3 aromatic heterocycles. The first-order valence-electron chi connectivity index (χ1n) is 9.11. The number of hydrogen-bond donors (Lipinski definition) is 0. The van der Waals surface area contributed by atoms with Gasteiger partial charge in [-0.1, -0.05) is 25.1 Å². The summed E-state index contributed by atoms with van der Waals surface area (Å²) in [7, 11) is 0. The summed E-state index contributed by atoms with van der Waals surface area (Å²) in [4.78, 5) is 15.1. The summed E-state index contributed by atoms with van der Waals surface area (Å²) in [6.45, 7) is 7.23. The number of carbonyl (C=O) groups is 1. The second kappa shape index (κ2) is 6.55. The Bertz CT molecular complexity index is 942. The average Bonchev–Trinajstić information content (AvgIpc) is 3.25. The smallest absolute Gasteiger partial charge is 0.259 e. The SMILES string of the molecule is Cc1noc(C(C)C)c1C(=O)N1CCCC(c2nnc3ccccn23)C1. The molecule has 26 heavy (non-hydrogen) atoms. The first-order valence-corrected chi connectivity index (χ1v) is 9.11. The second-order valence-electron chi connectivity index (χ2n) is 7.24. The number of piperidine rings is 1. The van der Waals surface area contributed by atoms with Crippen LogP contribution in [0.2, 0.25) is 0 Å². The summed E-state index contributed by atoms with van der Waals surface area (Å²) in [5, 5.41) is 12.6.